The van der Waals surface area contributed by atoms with E-state index in [0.717, 1.165) is 40.0 Å². The molecule has 5 heteroatoms. The quantitative estimate of drug-likeness (QED) is 0.676. The molecule has 0 saturated carbocycles. The van der Waals surface area contributed by atoms with Gasteiger partial charge in [0.2, 0.25) is 0 Å². The molecule has 2 heterocycles. The van der Waals surface area contributed by atoms with E-state index in [2.05, 4.69) is 29.8 Å². The van der Waals surface area contributed by atoms with Crippen molar-refractivity contribution < 1.29 is 0 Å². The Morgan fingerprint density at radius 3 is 2.79 bits per heavy atom. The zero-order valence-corrected chi connectivity index (χ0v) is 13.9. The highest BCUT2D eigenvalue weighted by Gasteiger charge is 2.17. The van der Waals surface area contributed by atoms with Crippen molar-refractivity contribution in [3.05, 3.63) is 42.7 Å². The standard InChI is InChI=1S/C14H17Cl2NS2/c1-2-7-17-12(6-5-10-4-3-8-18-10)11-9-13(15)19-14(11)16/h3-4,8-9,12,17H,2,5-7H2,1H3. The van der Waals surface area contributed by atoms with Gasteiger partial charge >= 0.3 is 0 Å². The van der Waals surface area contributed by atoms with Crippen LogP contribution in [0.4, 0.5) is 0 Å². The first-order valence-electron chi connectivity index (χ1n) is 6.41. The molecule has 0 saturated heterocycles. The van der Waals surface area contributed by atoms with Crippen LogP contribution in [-0.4, -0.2) is 6.54 Å². The second-order valence-corrected chi connectivity index (χ2v) is 7.72. The highest BCUT2D eigenvalue weighted by Crippen LogP contribution is 2.36. The van der Waals surface area contributed by atoms with Crippen molar-refractivity contribution in [3.8, 4) is 0 Å². The molecule has 1 atom stereocenters. The Bertz CT molecular complexity index is 494. The van der Waals surface area contributed by atoms with Crippen LogP contribution in [0.25, 0.3) is 0 Å². The fraction of sp³-hybridized carbons (Fsp3) is 0.429. The maximum atomic E-state index is 6.28. The van der Waals surface area contributed by atoms with Crippen molar-refractivity contribution in [1.29, 1.82) is 0 Å². The summed E-state index contributed by atoms with van der Waals surface area (Å²) >= 11 is 15.6. The lowest BCUT2D eigenvalue weighted by Gasteiger charge is -2.17. The molecule has 2 rings (SSSR count). The third kappa shape index (κ3) is 4.47. The van der Waals surface area contributed by atoms with Crippen LogP contribution in [0.5, 0.6) is 0 Å². The van der Waals surface area contributed by atoms with Crippen LogP contribution in [0.15, 0.2) is 23.6 Å². The van der Waals surface area contributed by atoms with Crippen LogP contribution in [0.1, 0.15) is 36.2 Å². The Labute approximate surface area is 132 Å². The lowest BCUT2D eigenvalue weighted by atomic mass is 10.0. The van der Waals surface area contributed by atoms with Crippen LogP contribution in [0, 0.1) is 0 Å². The Balaban J connectivity index is 2.04. The summed E-state index contributed by atoms with van der Waals surface area (Å²) in [6, 6.07) is 6.57. The molecule has 0 fully saturated rings. The largest absolute Gasteiger partial charge is 0.310 e. The molecule has 2 aromatic rings. The number of nitrogens with one attached hydrogen (secondary N) is 1. The van der Waals surface area contributed by atoms with E-state index in [9.17, 15) is 0 Å². The van der Waals surface area contributed by atoms with E-state index in [1.165, 1.54) is 16.2 Å². The third-order valence-electron chi connectivity index (χ3n) is 2.96. The van der Waals surface area contributed by atoms with Crippen molar-refractivity contribution in [2.24, 2.45) is 0 Å². The van der Waals surface area contributed by atoms with Crippen LogP contribution in [-0.2, 0) is 6.42 Å². The molecule has 0 spiro atoms. The van der Waals surface area contributed by atoms with Gasteiger partial charge in [-0.25, -0.2) is 0 Å². The molecule has 0 aliphatic heterocycles. The van der Waals surface area contributed by atoms with E-state index in [4.69, 9.17) is 23.2 Å². The molecular weight excluding hydrogens is 317 g/mol. The SMILES string of the molecule is CCCNC(CCc1cccs1)c1cc(Cl)sc1Cl. The van der Waals surface area contributed by atoms with Gasteiger partial charge in [0.25, 0.3) is 0 Å². The highest BCUT2D eigenvalue weighted by molar-refractivity contribution is 7.20. The van der Waals surface area contributed by atoms with Gasteiger partial charge in [-0.15, -0.1) is 22.7 Å². The van der Waals surface area contributed by atoms with Gasteiger partial charge in [0, 0.05) is 16.5 Å². The van der Waals surface area contributed by atoms with Crippen LogP contribution in [0.2, 0.25) is 8.67 Å². The normalized spacial score (nSPS) is 12.8. The minimum atomic E-state index is 0.290. The molecule has 0 aliphatic carbocycles. The highest BCUT2D eigenvalue weighted by atomic mass is 35.5. The molecule has 19 heavy (non-hydrogen) atoms. The van der Waals surface area contributed by atoms with E-state index in [1.54, 1.807) is 0 Å². The number of hydrogen-bond donors (Lipinski definition) is 1. The van der Waals surface area contributed by atoms with E-state index in [0.29, 0.717) is 6.04 Å². The molecule has 0 aromatic carbocycles. The van der Waals surface area contributed by atoms with Gasteiger partial charge in [-0.2, -0.15) is 0 Å². The van der Waals surface area contributed by atoms with Crippen LogP contribution >= 0.6 is 45.9 Å². The Kier molecular flexibility index (Phi) is 6.17. The first-order valence-corrected chi connectivity index (χ1v) is 8.86. The lowest BCUT2D eigenvalue weighted by Crippen LogP contribution is -2.22. The second kappa shape index (κ2) is 7.65. The number of rotatable bonds is 7. The van der Waals surface area contributed by atoms with Gasteiger partial charge in [-0.05, 0) is 43.3 Å². The fourth-order valence-electron chi connectivity index (χ4n) is 2.02. The smallest absolute Gasteiger partial charge is 0.0991 e. The molecule has 104 valence electrons. The molecular formula is C14H17Cl2NS2. The Hall–Kier alpha value is -0.0600. The Morgan fingerprint density at radius 1 is 1.37 bits per heavy atom. The lowest BCUT2D eigenvalue weighted by molar-refractivity contribution is 0.502. The van der Waals surface area contributed by atoms with Gasteiger partial charge in [-0.3, -0.25) is 0 Å². The van der Waals surface area contributed by atoms with Gasteiger partial charge in [0.05, 0.1) is 8.67 Å². The molecule has 0 bridgehead atoms. The first-order chi connectivity index (χ1) is 9.20. The zero-order valence-electron chi connectivity index (χ0n) is 10.8. The minimum absolute atomic E-state index is 0.290. The summed E-state index contributed by atoms with van der Waals surface area (Å²) < 4.78 is 1.57. The topological polar surface area (TPSA) is 12.0 Å². The monoisotopic (exact) mass is 333 g/mol. The summed E-state index contributed by atoms with van der Waals surface area (Å²) in [6.45, 7) is 3.17. The summed E-state index contributed by atoms with van der Waals surface area (Å²) in [5, 5.41) is 5.69. The molecule has 1 unspecified atom stereocenters. The van der Waals surface area contributed by atoms with E-state index < -0.39 is 0 Å². The summed E-state index contributed by atoms with van der Waals surface area (Å²) in [7, 11) is 0. The Morgan fingerprint density at radius 2 is 2.21 bits per heavy atom. The van der Waals surface area contributed by atoms with E-state index in [1.807, 2.05) is 17.4 Å². The van der Waals surface area contributed by atoms with Crippen molar-refractivity contribution in [2.75, 3.05) is 6.54 Å². The van der Waals surface area contributed by atoms with Crippen LogP contribution < -0.4 is 5.32 Å². The predicted octanol–water partition coefficient (Wildman–Crippen LogP) is 5.79. The van der Waals surface area contributed by atoms with Crippen LogP contribution in [0.3, 0.4) is 0 Å². The molecule has 2 aromatic heterocycles. The molecule has 0 radical (unpaired) electrons. The summed E-state index contributed by atoms with van der Waals surface area (Å²) in [4.78, 5) is 1.42. The molecule has 1 N–H and O–H groups in total. The molecule has 1 nitrogen and oxygen atoms in total. The van der Waals surface area contributed by atoms with E-state index >= 15 is 0 Å². The number of hydrogen-bond acceptors (Lipinski definition) is 3. The molecule has 0 amide bonds. The van der Waals surface area contributed by atoms with Crippen molar-refractivity contribution in [2.45, 2.75) is 32.2 Å². The summed E-state index contributed by atoms with van der Waals surface area (Å²) in [5.74, 6) is 0. The number of aryl methyl sites for hydroxylation is 1. The van der Waals surface area contributed by atoms with Gasteiger partial charge in [0.15, 0.2) is 0 Å². The summed E-state index contributed by atoms with van der Waals surface area (Å²) in [6.07, 6.45) is 3.24. The fourth-order valence-corrected chi connectivity index (χ4v) is 4.32. The third-order valence-corrected chi connectivity index (χ3v) is 5.41. The van der Waals surface area contributed by atoms with Gasteiger partial charge < -0.3 is 5.32 Å². The maximum Gasteiger partial charge on any atom is 0.0991 e. The van der Waals surface area contributed by atoms with E-state index in [-0.39, 0.29) is 0 Å². The van der Waals surface area contributed by atoms with Crippen molar-refractivity contribution >= 4 is 45.9 Å². The average Bonchev–Trinajstić information content (AvgIpc) is 3.00. The van der Waals surface area contributed by atoms with Gasteiger partial charge in [-0.1, -0.05) is 36.2 Å². The number of halogens is 2. The van der Waals surface area contributed by atoms with Crippen molar-refractivity contribution in [3.63, 3.8) is 0 Å². The first kappa shape index (κ1) is 15.3. The zero-order chi connectivity index (χ0) is 13.7. The average molecular weight is 334 g/mol. The summed E-state index contributed by atoms with van der Waals surface area (Å²) in [5.41, 5.74) is 1.14. The van der Waals surface area contributed by atoms with Crippen molar-refractivity contribution in [1.82, 2.24) is 5.32 Å². The van der Waals surface area contributed by atoms with Gasteiger partial charge in [0.1, 0.15) is 0 Å². The molecule has 0 aliphatic rings. The minimum Gasteiger partial charge on any atom is -0.310 e. The second-order valence-electron chi connectivity index (χ2n) is 4.40. The number of thiophene rings is 2. The predicted molar refractivity (Wildman–Crippen MR) is 88.0 cm³/mol. The maximum absolute atomic E-state index is 6.28.